The Morgan fingerprint density at radius 1 is 1.02 bits per heavy atom. The summed E-state index contributed by atoms with van der Waals surface area (Å²) in [6.07, 6.45) is -0.649. The van der Waals surface area contributed by atoms with Crippen molar-refractivity contribution >= 4 is 34.7 Å². The number of hydrogen-bond acceptors (Lipinski definition) is 5. The molecule has 2 aromatic heterocycles. The maximum atomic E-state index is 14.2. The molecular weight excluding hydrogens is 571 g/mol. The minimum atomic E-state index is -4.90. The van der Waals surface area contributed by atoms with Crippen LogP contribution in [0.1, 0.15) is 43.4 Å². The fourth-order valence-corrected chi connectivity index (χ4v) is 4.84. The van der Waals surface area contributed by atoms with Crippen LogP contribution >= 0.6 is 11.6 Å². The van der Waals surface area contributed by atoms with Gasteiger partial charge in [0.15, 0.2) is 5.65 Å². The Bertz CT molecular complexity index is 1890. The molecule has 0 saturated heterocycles. The lowest BCUT2D eigenvalue weighted by Crippen LogP contribution is -2.21. The standard InChI is InChI=1S/C27H14ClF5N6O2/c28-19-2-1-15(29)8-17(19)24-23-18(26(41)38-24)5-12(21-10-39-22(9-34-21)35-11-36-39)6-20(23)37-25(40)13-3-14(27(31,32)33)7-16(30)4-13/h1-11,24H,(H,37,40)(H,38,41)/t24-/m0/s1. The zero-order chi connectivity index (χ0) is 29.1. The lowest BCUT2D eigenvalue weighted by molar-refractivity contribution is -0.137. The smallest absolute Gasteiger partial charge is 0.341 e. The molecule has 0 aliphatic carbocycles. The van der Waals surface area contributed by atoms with Crippen molar-refractivity contribution in [3.8, 4) is 11.3 Å². The minimum absolute atomic E-state index is 0.0236. The fraction of sp³-hybridized carbons (Fsp3) is 0.0741. The summed E-state index contributed by atoms with van der Waals surface area (Å²) in [5.41, 5.74) is -0.496. The molecule has 2 N–H and O–H groups in total. The van der Waals surface area contributed by atoms with E-state index in [0.717, 1.165) is 12.1 Å². The largest absolute Gasteiger partial charge is 0.416 e. The molecule has 3 heterocycles. The van der Waals surface area contributed by atoms with Gasteiger partial charge in [-0.05, 0) is 48.5 Å². The zero-order valence-corrected chi connectivity index (χ0v) is 21.1. The van der Waals surface area contributed by atoms with Gasteiger partial charge in [0.2, 0.25) is 0 Å². The quantitative estimate of drug-likeness (QED) is 0.259. The van der Waals surface area contributed by atoms with Gasteiger partial charge < -0.3 is 10.6 Å². The number of rotatable bonds is 4. The highest BCUT2D eigenvalue weighted by molar-refractivity contribution is 6.31. The van der Waals surface area contributed by atoms with Crippen molar-refractivity contribution in [2.45, 2.75) is 12.2 Å². The third kappa shape index (κ3) is 4.84. The Balaban J connectivity index is 1.51. The summed E-state index contributed by atoms with van der Waals surface area (Å²) in [6, 6.07) is 6.86. The lowest BCUT2D eigenvalue weighted by Gasteiger charge is -2.19. The van der Waals surface area contributed by atoms with Crippen molar-refractivity contribution in [1.29, 1.82) is 0 Å². The molecule has 206 valence electrons. The first-order valence-electron chi connectivity index (χ1n) is 11.8. The second kappa shape index (κ2) is 9.63. The van der Waals surface area contributed by atoms with Gasteiger partial charge in [0, 0.05) is 38.5 Å². The number of anilines is 1. The molecule has 2 amide bonds. The van der Waals surface area contributed by atoms with Gasteiger partial charge in [0.25, 0.3) is 11.8 Å². The molecule has 0 fully saturated rings. The highest BCUT2D eigenvalue weighted by Crippen LogP contribution is 2.42. The number of aromatic nitrogens is 4. The molecule has 0 spiro atoms. The van der Waals surface area contributed by atoms with Crippen LogP contribution in [-0.4, -0.2) is 31.4 Å². The predicted molar refractivity (Wildman–Crippen MR) is 136 cm³/mol. The molecule has 1 atom stereocenters. The van der Waals surface area contributed by atoms with Crippen molar-refractivity contribution < 1.29 is 31.5 Å². The molecule has 3 aromatic carbocycles. The Hall–Kier alpha value is -4.91. The van der Waals surface area contributed by atoms with E-state index in [1.807, 2.05) is 0 Å². The molecule has 14 heteroatoms. The van der Waals surface area contributed by atoms with E-state index in [1.165, 1.54) is 41.4 Å². The van der Waals surface area contributed by atoms with E-state index in [0.29, 0.717) is 29.0 Å². The normalized spacial score (nSPS) is 14.7. The fourth-order valence-electron chi connectivity index (χ4n) is 4.61. The number of alkyl halides is 3. The molecule has 5 aromatic rings. The van der Waals surface area contributed by atoms with E-state index in [-0.39, 0.29) is 33.5 Å². The maximum absolute atomic E-state index is 14.2. The molecule has 1 aliphatic heterocycles. The van der Waals surface area contributed by atoms with Crippen LogP contribution in [0.25, 0.3) is 16.9 Å². The Morgan fingerprint density at radius 2 is 1.83 bits per heavy atom. The van der Waals surface area contributed by atoms with Crippen LogP contribution in [-0.2, 0) is 6.18 Å². The second-order valence-electron chi connectivity index (χ2n) is 9.07. The summed E-state index contributed by atoms with van der Waals surface area (Å²) >= 11 is 6.31. The van der Waals surface area contributed by atoms with Crippen LogP contribution in [0.2, 0.25) is 5.02 Å². The van der Waals surface area contributed by atoms with Crippen LogP contribution in [0, 0.1) is 11.6 Å². The summed E-state index contributed by atoms with van der Waals surface area (Å²) in [5, 5.41) is 9.36. The SMILES string of the molecule is O=C(Nc1cc(-c2cn3ncnc3cn2)cc2c1[C@H](c1cc(F)ccc1Cl)NC2=O)c1cc(F)cc(C(F)(F)F)c1. The highest BCUT2D eigenvalue weighted by Gasteiger charge is 2.36. The first kappa shape index (κ1) is 26.3. The van der Waals surface area contributed by atoms with Crippen LogP contribution in [0.5, 0.6) is 0 Å². The summed E-state index contributed by atoms with van der Waals surface area (Å²) in [6.45, 7) is 0. The predicted octanol–water partition coefficient (Wildman–Crippen LogP) is 5.83. The molecule has 1 aliphatic rings. The van der Waals surface area contributed by atoms with Gasteiger partial charge in [-0.3, -0.25) is 14.6 Å². The number of halogens is 6. The van der Waals surface area contributed by atoms with E-state index in [9.17, 15) is 31.5 Å². The van der Waals surface area contributed by atoms with Crippen molar-refractivity contribution in [3.63, 3.8) is 0 Å². The number of hydrogen-bond donors (Lipinski definition) is 2. The minimum Gasteiger partial charge on any atom is -0.341 e. The number of carbonyl (C=O) groups excluding carboxylic acids is 2. The molecule has 0 saturated carbocycles. The van der Waals surface area contributed by atoms with Crippen molar-refractivity contribution in [2.75, 3.05) is 5.32 Å². The Labute approximate surface area is 231 Å². The van der Waals surface area contributed by atoms with Gasteiger partial charge in [-0.2, -0.15) is 18.3 Å². The van der Waals surface area contributed by atoms with Crippen LogP contribution in [0.3, 0.4) is 0 Å². The maximum Gasteiger partial charge on any atom is 0.416 e. The average Bonchev–Trinajstić information content (AvgIpc) is 3.53. The topological polar surface area (TPSA) is 101 Å². The Morgan fingerprint density at radius 3 is 2.61 bits per heavy atom. The van der Waals surface area contributed by atoms with Crippen molar-refractivity contribution in [1.82, 2.24) is 24.9 Å². The zero-order valence-electron chi connectivity index (χ0n) is 20.3. The van der Waals surface area contributed by atoms with Crippen LogP contribution in [0.15, 0.2) is 67.3 Å². The van der Waals surface area contributed by atoms with Crippen molar-refractivity contribution in [2.24, 2.45) is 0 Å². The van der Waals surface area contributed by atoms with E-state index in [1.54, 1.807) is 0 Å². The van der Waals surface area contributed by atoms with Gasteiger partial charge in [0.05, 0.1) is 29.7 Å². The monoisotopic (exact) mass is 584 g/mol. The van der Waals surface area contributed by atoms with Gasteiger partial charge in [-0.15, -0.1) is 0 Å². The molecule has 0 bridgehead atoms. The van der Waals surface area contributed by atoms with E-state index < -0.39 is 46.8 Å². The molecule has 0 radical (unpaired) electrons. The highest BCUT2D eigenvalue weighted by atomic mass is 35.5. The molecule has 8 nitrogen and oxygen atoms in total. The Kier molecular flexibility index (Phi) is 6.18. The summed E-state index contributed by atoms with van der Waals surface area (Å²) < 4.78 is 69.6. The summed E-state index contributed by atoms with van der Waals surface area (Å²) in [5.74, 6) is -3.58. The first-order chi connectivity index (χ1) is 19.5. The molecular formula is C27H14ClF5N6O2. The van der Waals surface area contributed by atoms with Gasteiger partial charge in [0.1, 0.15) is 18.0 Å². The second-order valence-corrected chi connectivity index (χ2v) is 9.48. The van der Waals surface area contributed by atoms with Crippen molar-refractivity contribution in [3.05, 3.63) is 112 Å². The molecule has 0 unspecified atom stereocenters. The average molecular weight is 585 g/mol. The number of carbonyl (C=O) groups is 2. The van der Waals surface area contributed by atoms with E-state index in [4.69, 9.17) is 11.6 Å². The number of amides is 2. The molecule has 41 heavy (non-hydrogen) atoms. The number of nitrogens with zero attached hydrogens (tertiary/aromatic N) is 4. The summed E-state index contributed by atoms with van der Waals surface area (Å²) in [7, 11) is 0. The summed E-state index contributed by atoms with van der Waals surface area (Å²) in [4.78, 5) is 34.7. The van der Waals surface area contributed by atoms with E-state index >= 15 is 0 Å². The van der Waals surface area contributed by atoms with Gasteiger partial charge >= 0.3 is 6.18 Å². The van der Waals surface area contributed by atoms with E-state index in [2.05, 4.69) is 25.7 Å². The van der Waals surface area contributed by atoms with Crippen LogP contribution in [0.4, 0.5) is 27.6 Å². The number of fused-ring (bicyclic) bond motifs is 2. The number of nitrogens with one attached hydrogen (secondary N) is 2. The first-order valence-corrected chi connectivity index (χ1v) is 12.1. The van der Waals surface area contributed by atoms with Crippen LogP contribution < -0.4 is 10.6 Å². The third-order valence-electron chi connectivity index (χ3n) is 6.45. The molecule has 6 rings (SSSR count). The third-order valence-corrected chi connectivity index (χ3v) is 6.80. The lowest BCUT2D eigenvalue weighted by atomic mass is 9.93. The number of benzene rings is 3. The van der Waals surface area contributed by atoms with Gasteiger partial charge in [-0.25, -0.2) is 18.3 Å². The van der Waals surface area contributed by atoms with Gasteiger partial charge in [-0.1, -0.05) is 11.6 Å².